The van der Waals surface area contributed by atoms with E-state index in [-0.39, 0.29) is 18.6 Å². The van der Waals surface area contributed by atoms with E-state index in [4.69, 9.17) is 10.2 Å². The number of carboxylic acids is 1. The Kier molecular flexibility index (Phi) is 4.48. The molecule has 17 heavy (non-hydrogen) atoms. The summed E-state index contributed by atoms with van der Waals surface area (Å²) in [5.74, 6) is -0.747. The summed E-state index contributed by atoms with van der Waals surface area (Å²) >= 11 is 0. The molecule has 3 nitrogen and oxygen atoms in total. The van der Waals surface area contributed by atoms with E-state index in [2.05, 4.69) is 19.6 Å². The highest BCUT2D eigenvalue weighted by Gasteiger charge is 2.30. The second-order valence-corrected chi connectivity index (χ2v) is 10.8. The van der Waals surface area contributed by atoms with Crippen molar-refractivity contribution < 1.29 is 15.0 Å². The molecule has 0 spiro atoms. The van der Waals surface area contributed by atoms with Gasteiger partial charge in [-0.25, -0.2) is 0 Å². The Morgan fingerprint density at radius 2 is 1.76 bits per heavy atom. The van der Waals surface area contributed by atoms with Crippen LogP contribution in [0.3, 0.4) is 0 Å². The largest absolute Gasteiger partial charge is 0.481 e. The number of carboxylic acid groups (broad SMARTS) is 1. The first kappa shape index (κ1) is 13.9. The van der Waals surface area contributed by atoms with Gasteiger partial charge < -0.3 is 10.2 Å². The van der Waals surface area contributed by atoms with Crippen LogP contribution < -0.4 is 0 Å². The molecule has 4 heteroatoms. The summed E-state index contributed by atoms with van der Waals surface area (Å²) in [4.78, 5) is 10.9. The molecule has 94 valence electrons. The van der Waals surface area contributed by atoms with E-state index in [9.17, 15) is 4.79 Å². The van der Waals surface area contributed by atoms with E-state index in [0.29, 0.717) is 0 Å². The van der Waals surface area contributed by atoms with Gasteiger partial charge >= 0.3 is 5.97 Å². The molecule has 1 unspecified atom stereocenters. The standard InChI is InChI=1S/C13H20O3Si/c1-17(2,3)12(8-13(15)16)11-6-4-10(9-14)5-7-11/h4-7,12,14H,8-9H2,1-3H3,(H,15,16). The van der Waals surface area contributed by atoms with Crippen molar-refractivity contribution in [1.82, 2.24) is 0 Å². The van der Waals surface area contributed by atoms with Gasteiger partial charge in [0.25, 0.3) is 0 Å². The normalized spacial score (nSPS) is 13.4. The van der Waals surface area contributed by atoms with Crippen LogP contribution in [0.15, 0.2) is 24.3 Å². The van der Waals surface area contributed by atoms with Gasteiger partial charge in [0.2, 0.25) is 0 Å². The van der Waals surface area contributed by atoms with Crippen molar-refractivity contribution >= 4 is 14.0 Å². The summed E-state index contributed by atoms with van der Waals surface area (Å²) in [6.45, 7) is 6.57. The van der Waals surface area contributed by atoms with E-state index >= 15 is 0 Å². The van der Waals surface area contributed by atoms with Crippen molar-refractivity contribution in [3.63, 3.8) is 0 Å². The fourth-order valence-electron chi connectivity index (χ4n) is 1.95. The lowest BCUT2D eigenvalue weighted by atomic mass is 10.1. The highest BCUT2D eigenvalue weighted by atomic mass is 28.3. The summed E-state index contributed by atoms with van der Waals surface area (Å²) in [5, 5.41) is 18.0. The van der Waals surface area contributed by atoms with Crippen molar-refractivity contribution in [2.24, 2.45) is 0 Å². The molecule has 1 aromatic carbocycles. The van der Waals surface area contributed by atoms with Crippen LogP contribution in [0.25, 0.3) is 0 Å². The zero-order valence-electron chi connectivity index (χ0n) is 10.6. The van der Waals surface area contributed by atoms with Crippen LogP contribution in [-0.2, 0) is 11.4 Å². The Morgan fingerprint density at radius 1 is 1.24 bits per heavy atom. The molecule has 2 N–H and O–H groups in total. The smallest absolute Gasteiger partial charge is 0.303 e. The number of hydrogen-bond donors (Lipinski definition) is 2. The molecule has 0 saturated carbocycles. The second-order valence-electron chi connectivity index (χ2n) is 5.42. The number of aliphatic hydroxyl groups is 1. The van der Waals surface area contributed by atoms with Crippen molar-refractivity contribution in [3.05, 3.63) is 35.4 Å². The van der Waals surface area contributed by atoms with Gasteiger partial charge in [0.15, 0.2) is 0 Å². The monoisotopic (exact) mass is 252 g/mol. The molecule has 1 atom stereocenters. The fraction of sp³-hybridized carbons (Fsp3) is 0.462. The predicted molar refractivity (Wildman–Crippen MR) is 70.7 cm³/mol. The lowest BCUT2D eigenvalue weighted by Crippen LogP contribution is -2.32. The third kappa shape index (κ3) is 3.98. The van der Waals surface area contributed by atoms with Crippen LogP contribution in [0.2, 0.25) is 19.6 Å². The highest BCUT2D eigenvalue weighted by Crippen LogP contribution is 2.30. The lowest BCUT2D eigenvalue weighted by Gasteiger charge is -2.28. The van der Waals surface area contributed by atoms with Crippen LogP contribution in [0, 0.1) is 0 Å². The zero-order chi connectivity index (χ0) is 13.1. The molecule has 0 bridgehead atoms. The molecule has 0 radical (unpaired) electrons. The molecule has 0 fully saturated rings. The van der Waals surface area contributed by atoms with Crippen LogP contribution in [0.1, 0.15) is 23.1 Å². The summed E-state index contributed by atoms with van der Waals surface area (Å²) in [5.41, 5.74) is 2.05. The number of rotatable bonds is 5. The van der Waals surface area contributed by atoms with Gasteiger partial charge in [0, 0.05) is 6.42 Å². The summed E-state index contributed by atoms with van der Waals surface area (Å²) < 4.78 is 0. The quantitative estimate of drug-likeness (QED) is 0.792. The molecule has 0 heterocycles. The van der Waals surface area contributed by atoms with Crippen LogP contribution >= 0.6 is 0 Å². The van der Waals surface area contributed by atoms with Crippen molar-refractivity contribution in [2.75, 3.05) is 0 Å². The average molecular weight is 252 g/mol. The molecular weight excluding hydrogens is 232 g/mol. The molecular formula is C13H20O3Si. The van der Waals surface area contributed by atoms with Crippen LogP contribution in [0.5, 0.6) is 0 Å². The van der Waals surface area contributed by atoms with Crippen molar-refractivity contribution in [1.29, 1.82) is 0 Å². The highest BCUT2D eigenvalue weighted by molar-refractivity contribution is 6.77. The maximum Gasteiger partial charge on any atom is 0.303 e. The Labute approximate surface area is 103 Å². The maximum atomic E-state index is 10.9. The van der Waals surface area contributed by atoms with Crippen molar-refractivity contribution in [3.8, 4) is 0 Å². The first-order chi connectivity index (χ1) is 7.84. The van der Waals surface area contributed by atoms with Gasteiger partial charge in [0.1, 0.15) is 0 Å². The minimum atomic E-state index is -1.56. The molecule has 0 aliphatic heterocycles. The minimum Gasteiger partial charge on any atom is -0.481 e. The van der Waals surface area contributed by atoms with E-state index in [1.807, 2.05) is 24.3 Å². The average Bonchev–Trinajstić information content (AvgIpc) is 2.24. The summed E-state index contributed by atoms with van der Waals surface area (Å²) in [7, 11) is -1.56. The first-order valence-corrected chi connectivity index (χ1v) is 9.34. The van der Waals surface area contributed by atoms with Crippen molar-refractivity contribution in [2.45, 2.75) is 38.2 Å². The molecule has 0 aliphatic rings. The fourth-order valence-corrected chi connectivity index (χ4v) is 3.93. The Bertz CT molecular complexity index is 379. The van der Waals surface area contributed by atoms with E-state index < -0.39 is 14.0 Å². The topological polar surface area (TPSA) is 57.5 Å². The minimum absolute atomic E-state index is 0.0246. The van der Waals surface area contributed by atoms with E-state index in [1.165, 1.54) is 0 Å². The number of benzene rings is 1. The maximum absolute atomic E-state index is 10.9. The molecule has 1 rings (SSSR count). The Morgan fingerprint density at radius 3 is 2.12 bits per heavy atom. The third-order valence-electron chi connectivity index (χ3n) is 2.99. The zero-order valence-corrected chi connectivity index (χ0v) is 11.6. The molecule has 0 aromatic heterocycles. The first-order valence-electron chi connectivity index (χ1n) is 5.76. The summed E-state index contributed by atoms with van der Waals surface area (Å²) in [6, 6.07) is 7.61. The third-order valence-corrected chi connectivity index (χ3v) is 5.62. The Hall–Kier alpha value is -1.13. The number of hydrogen-bond acceptors (Lipinski definition) is 2. The van der Waals surface area contributed by atoms with Gasteiger partial charge in [-0.2, -0.15) is 0 Å². The van der Waals surface area contributed by atoms with E-state index in [0.717, 1.165) is 11.1 Å². The molecule has 0 aliphatic carbocycles. The summed E-state index contributed by atoms with van der Waals surface area (Å²) in [6.07, 6.45) is 0.189. The molecule has 1 aromatic rings. The van der Waals surface area contributed by atoms with Gasteiger partial charge in [-0.05, 0) is 16.7 Å². The second kappa shape index (κ2) is 5.47. The van der Waals surface area contributed by atoms with Gasteiger partial charge in [-0.1, -0.05) is 43.9 Å². The number of carbonyl (C=O) groups is 1. The van der Waals surface area contributed by atoms with Crippen LogP contribution in [-0.4, -0.2) is 24.3 Å². The van der Waals surface area contributed by atoms with E-state index in [1.54, 1.807) is 0 Å². The molecule has 0 amide bonds. The van der Waals surface area contributed by atoms with Crippen LogP contribution in [0.4, 0.5) is 0 Å². The van der Waals surface area contributed by atoms with Gasteiger partial charge in [-0.15, -0.1) is 0 Å². The SMILES string of the molecule is C[Si](C)(C)C(CC(=O)O)c1ccc(CO)cc1. The van der Waals surface area contributed by atoms with Gasteiger partial charge in [0.05, 0.1) is 14.7 Å². The number of aliphatic hydroxyl groups excluding tert-OH is 1. The predicted octanol–water partition coefficient (Wildman–Crippen LogP) is 2.61. The lowest BCUT2D eigenvalue weighted by molar-refractivity contribution is -0.137. The number of aliphatic carboxylic acids is 1. The molecule has 0 saturated heterocycles. The van der Waals surface area contributed by atoms with Gasteiger partial charge in [-0.3, -0.25) is 4.79 Å². The Balaban J connectivity index is 3.00.